The number of anilines is 1. The van der Waals surface area contributed by atoms with Gasteiger partial charge in [0.1, 0.15) is 0 Å². The summed E-state index contributed by atoms with van der Waals surface area (Å²) in [6.07, 6.45) is 2.19. The van der Waals surface area contributed by atoms with E-state index in [4.69, 9.17) is 4.42 Å². The van der Waals surface area contributed by atoms with E-state index in [1.54, 1.807) is 20.9 Å². The molecule has 0 unspecified atom stereocenters. The molecule has 88 valence electrons. The van der Waals surface area contributed by atoms with Crippen LogP contribution in [-0.4, -0.2) is 28.7 Å². The molecule has 1 fully saturated rings. The quantitative estimate of drug-likeness (QED) is 0.793. The topological polar surface area (TPSA) is 80.0 Å². The fraction of sp³-hybridized carbons (Fsp3) is 0.700. The van der Waals surface area contributed by atoms with E-state index in [9.17, 15) is 4.79 Å². The Hall–Kier alpha value is -1.43. The van der Waals surface area contributed by atoms with Crippen molar-refractivity contribution in [2.45, 2.75) is 38.1 Å². The van der Waals surface area contributed by atoms with E-state index in [-0.39, 0.29) is 11.9 Å². The molecule has 0 spiro atoms. The van der Waals surface area contributed by atoms with E-state index in [1.165, 1.54) is 0 Å². The van der Waals surface area contributed by atoms with E-state index >= 15 is 0 Å². The van der Waals surface area contributed by atoms with Crippen LogP contribution in [0.15, 0.2) is 4.42 Å². The van der Waals surface area contributed by atoms with E-state index < -0.39 is 5.54 Å². The first-order valence-electron chi connectivity index (χ1n) is 5.36. The highest BCUT2D eigenvalue weighted by Crippen LogP contribution is 2.39. The number of nitrogens with zero attached hydrogens (tertiary/aromatic N) is 2. The lowest BCUT2D eigenvalue weighted by Crippen LogP contribution is -2.47. The smallest absolute Gasteiger partial charge is 0.322 e. The zero-order valence-corrected chi connectivity index (χ0v) is 9.70. The third kappa shape index (κ3) is 2.21. The Kier molecular flexibility index (Phi) is 2.67. The van der Waals surface area contributed by atoms with Crippen LogP contribution in [-0.2, 0) is 4.79 Å². The molecule has 0 bridgehead atoms. The normalized spacial score (nSPS) is 16.2. The molecule has 0 aromatic carbocycles. The van der Waals surface area contributed by atoms with Crippen molar-refractivity contribution in [3.63, 3.8) is 0 Å². The molecule has 1 heterocycles. The van der Waals surface area contributed by atoms with Crippen LogP contribution < -0.4 is 10.6 Å². The monoisotopic (exact) mass is 224 g/mol. The predicted molar refractivity (Wildman–Crippen MR) is 58.0 cm³/mol. The predicted octanol–water partition coefficient (Wildman–Crippen LogP) is 0.883. The third-order valence-electron chi connectivity index (χ3n) is 2.78. The molecule has 16 heavy (non-hydrogen) atoms. The lowest BCUT2D eigenvalue weighted by atomic mass is 10.1. The van der Waals surface area contributed by atoms with Crippen LogP contribution in [0.5, 0.6) is 0 Å². The first-order chi connectivity index (χ1) is 7.53. The van der Waals surface area contributed by atoms with Gasteiger partial charge in [-0.1, -0.05) is 5.10 Å². The third-order valence-corrected chi connectivity index (χ3v) is 2.78. The Balaban J connectivity index is 2.00. The van der Waals surface area contributed by atoms with Crippen LogP contribution in [0.3, 0.4) is 0 Å². The number of rotatable bonds is 4. The number of hydrogen-bond donors (Lipinski definition) is 2. The van der Waals surface area contributed by atoms with Gasteiger partial charge in [0.2, 0.25) is 11.8 Å². The molecule has 6 nitrogen and oxygen atoms in total. The lowest BCUT2D eigenvalue weighted by Gasteiger charge is -2.21. The molecule has 1 aliphatic rings. The summed E-state index contributed by atoms with van der Waals surface area (Å²) < 4.78 is 5.34. The summed E-state index contributed by atoms with van der Waals surface area (Å²) in [6.45, 7) is 3.56. The minimum absolute atomic E-state index is 0.176. The minimum atomic E-state index is -0.659. The maximum Gasteiger partial charge on any atom is 0.322 e. The fourth-order valence-corrected chi connectivity index (χ4v) is 1.15. The number of aromatic nitrogens is 2. The van der Waals surface area contributed by atoms with Gasteiger partial charge < -0.3 is 9.73 Å². The highest BCUT2D eigenvalue weighted by Gasteiger charge is 2.31. The fourth-order valence-electron chi connectivity index (χ4n) is 1.15. The van der Waals surface area contributed by atoms with Crippen molar-refractivity contribution in [2.75, 3.05) is 12.4 Å². The van der Waals surface area contributed by atoms with Crippen molar-refractivity contribution in [1.29, 1.82) is 0 Å². The number of hydrogen-bond acceptors (Lipinski definition) is 5. The molecule has 0 atom stereocenters. The molecular formula is C10H16N4O2. The average molecular weight is 224 g/mol. The van der Waals surface area contributed by atoms with Crippen molar-refractivity contribution < 1.29 is 9.21 Å². The molecular weight excluding hydrogens is 208 g/mol. The molecule has 1 aromatic heterocycles. The lowest BCUT2D eigenvalue weighted by molar-refractivity contribution is -0.121. The minimum Gasteiger partial charge on any atom is -0.408 e. The van der Waals surface area contributed by atoms with Crippen LogP contribution in [0.25, 0.3) is 0 Å². The Bertz CT molecular complexity index is 395. The molecule has 6 heteroatoms. The zero-order valence-electron chi connectivity index (χ0n) is 9.70. The SMILES string of the molecule is CNC(C)(C)C(=O)Nc1nnc(C2CC2)o1. The first kappa shape index (κ1) is 11.1. The molecule has 2 N–H and O–H groups in total. The van der Waals surface area contributed by atoms with Gasteiger partial charge in [0.15, 0.2) is 0 Å². The summed E-state index contributed by atoms with van der Waals surface area (Å²) in [7, 11) is 1.73. The van der Waals surface area contributed by atoms with Gasteiger partial charge in [-0.25, -0.2) is 0 Å². The second kappa shape index (κ2) is 3.86. The molecule has 0 aliphatic heterocycles. The number of likely N-dealkylation sites (N-methyl/N-ethyl adjacent to an activating group) is 1. The maximum absolute atomic E-state index is 11.8. The van der Waals surface area contributed by atoms with Crippen LogP contribution in [0.4, 0.5) is 6.01 Å². The van der Waals surface area contributed by atoms with Gasteiger partial charge in [-0.2, -0.15) is 0 Å². The van der Waals surface area contributed by atoms with Crippen LogP contribution in [0, 0.1) is 0 Å². The van der Waals surface area contributed by atoms with Crippen molar-refractivity contribution in [2.24, 2.45) is 0 Å². The van der Waals surface area contributed by atoms with E-state index in [0.717, 1.165) is 12.8 Å². The largest absolute Gasteiger partial charge is 0.408 e. The molecule has 1 saturated carbocycles. The summed E-state index contributed by atoms with van der Waals surface area (Å²) in [5, 5.41) is 13.2. The van der Waals surface area contributed by atoms with E-state index in [2.05, 4.69) is 20.8 Å². The van der Waals surface area contributed by atoms with Crippen molar-refractivity contribution in [3.05, 3.63) is 5.89 Å². The van der Waals surface area contributed by atoms with Gasteiger partial charge in [0, 0.05) is 5.92 Å². The molecule has 0 radical (unpaired) electrons. The van der Waals surface area contributed by atoms with Crippen LogP contribution >= 0.6 is 0 Å². The molecule has 1 aromatic rings. The highest BCUT2D eigenvalue weighted by molar-refractivity contribution is 5.95. The summed E-state index contributed by atoms with van der Waals surface area (Å²) in [5.74, 6) is 0.828. The summed E-state index contributed by atoms with van der Waals surface area (Å²) in [5.41, 5.74) is -0.659. The van der Waals surface area contributed by atoms with Crippen molar-refractivity contribution >= 4 is 11.9 Å². The first-order valence-corrected chi connectivity index (χ1v) is 5.36. The van der Waals surface area contributed by atoms with Gasteiger partial charge >= 0.3 is 6.01 Å². The Morgan fingerprint density at radius 1 is 1.44 bits per heavy atom. The average Bonchev–Trinajstić information content (AvgIpc) is 3.00. The Labute approximate surface area is 93.8 Å². The molecule has 0 saturated heterocycles. The van der Waals surface area contributed by atoms with E-state index in [0.29, 0.717) is 11.8 Å². The van der Waals surface area contributed by atoms with Crippen molar-refractivity contribution in [3.8, 4) is 0 Å². The highest BCUT2D eigenvalue weighted by atomic mass is 16.4. The Morgan fingerprint density at radius 2 is 2.12 bits per heavy atom. The van der Waals surface area contributed by atoms with Crippen molar-refractivity contribution in [1.82, 2.24) is 15.5 Å². The summed E-state index contributed by atoms with van der Waals surface area (Å²) in [4.78, 5) is 11.8. The zero-order chi connectivity index (χ0) is 11.8. The van der Waals surface area contributed by atoms with Gasteiger partial charge in [-0.3, -0.25) is 10.1 Å². The van der Waals surface area contributed by atoms with Gasteiger partial charge in [-0.05, 0) is 33.7 Å². The Morgan fingerprint density at radius 3 is 2.69 bits per heavy atom. The molecule has 2 rings (SSSR count). The van der Waals surface area contributed by atoms with Gasteiger partial charge in [-0.15, -0.1) is 5.10 Å². The second-order valence-electron chi connectivity index (χ2n) is 4.55. The molecule has 1 amide bonds. The maximum atomic E-state index is 11.8. The second-order valence-corrected chi connectivity index (χ2v) is 4.55. The number of nitrogens with one attached hydrogen (secondary N) is 2. The van der Waals surface area contributed by atoms with Gasteiger partial charge in [0.25, 0.3) is 0 Å². The van der Waals surface area contributed by atoms with Crippen LogP contribution in [0.1, 0.15) is 38.5 Å². The summed E-state index contributed by atoms with van der Waals surface area (Å²) >= 11 is 0. The van der Waals surface area contributed by atoms with Gasteiger partial charge in [0.05, 0.1) is 5.54 Å². The number of amides is 1. The van der Waals surface area contributed by atoms with Crippen LogP contribution in [0.2, 0.25) is 0 Å². The van der Waals surface area contributed by atoms with E-state index in [1.807, 2.05) is 0 Å². The number of carbonyl (C=O) groups excluding carboxylic acids is 1. The summed E-state index contributed by atoms with van der Waals surface area (Å²) in [6, 6.07) is 0.176. The standard InChI is InChI=1S/C10H16N4O2/c1-10(2,11-3)8(15)12-9-14-13-7(16-9)6-4-5-6/h6,11H,4-5H2,1-3H3,(H,12,14,15). The number of carbonyl (C=O) groups is 1. The molecule has 1 aliphatic carbocycles.